The van der Waals surface area contributed by atoms with Crippen LogP contribution in [-0.4, -0.2) is 53.5 Å². The van der Waals surface area contributed by atoms with E-state index in [0.717, 1.165) is 6.54 Å². The van der Waals surface area contributed by atoms with Crippen LogP contribution >= 0.6 is 0 Å². The van der Waals surface area contributed by atoms with Crippen LogP contribution in [0.3, 0.4) is 0 Å². The first kappa shape index (κ1) is 19.1. The van der Waals surface area contributed by atoms with Gasteiger partial charge in [0.05, 0.1) is 5.69 Å². The van der Waals surface area contributed by atoms with Crippen LogP contribution in [0, 0.1) is 18.7 Å². The Labute approximate surface area is 159 Å². The standard InChI is InChI=1S/C20H26FN5O/c1-14(2)13-22-19-12-17(23-15(3)24-19)20(27)26-10-8-25(9-11-26)18-7-5-4-6-16(18)21/h4-7,12,14H,8-11,13H2,1-3H3,(H,22,23,24). The van der Waals surface area contributed by atoms with E-state index in [1.54, 1.807) is 30.0 Å². The lowest BCUT2D eigenvalue weighted by molar-refractivity contribution is 0.0740. The maximum absolute atomic E-state index is 14.0. The van der Waals surface area contributed by atoms with Crippen molar-refractivity contribution in [1.82, 2.24) is 14.9 Å². The molecule has 1 aromatic heterocycles. The molecule has 0 saturated carbocycles. The molecule has 1 aromatic carbocycles. The molecule has 0 bridgehead atoms. The van der Waals surface area contributed by atoms with E-state index in [1.165, 1.54) is 6.07 Å². The van der Waals surface area contributed by atoms with E-state index >= 15 is 0 Å². The average molecular weight is 371 g/mol. The smallest absolute Gasteiger partial charge is 0.272 e. The number of anilines is 2. The third kappa shape index (κ3) is 4.72. The van der Waals surface area contributed by atoms with Crippen LogP contribution in [0.15, 0.2) is 30.3 Å². The van der Waals surface area contributed by atoms with Crippen LogP contribution in [0.4, 0.5) is 15.9 Å². The number of aromatic nitrogens is 2. The number of nitrogens with zero attached hydrogens (tertiary/aromatic N) is 4. The maximum Gasteiger partial charge on any atom is 0.272 e. The summed E-state index contributed by atoms with van der Waals surface area (Å²) in [6.07, 6.45) is 0. The van der Waals surface area contributed by atoms with Gasteiger partial charge < -0.3 is 15.1 Å². The van der Waals surface area contributed by atoms with Crippen molar-refractivity contribution < 1.29 is 9.18 Å². The number of rotatable bonds is 5. The van der Waals surface area contributed by atoms with Gasteiger partial charge in [-0.05, 0) is 25.0 Å². The number of aryl methyl sites for hydroxylation is 1. The first-order chi connectivity index (χ1) is 12.9. The highest BCUT2D eigenvalue weighted by Crippen LogP contribution is 2.21. The van der Waals surface area contributed by atoms with E-state index in [0.29, 0.717) is 55.1 Å². The van der Waals surface area contributed by atoms with Gasteiger partial charge in [-0.1, -0.05) is 26.0 Å². The normalized spacial score (nSPS) is 14.6. The minimum atomic E-state index is -0.232. The van der Waals surface area contributed by atoms with Crippen LogP contribution in [0.25, 0.3) is 0 Å². The molecule has 6 nitrogen and oxygen atoms in total. The molecule has 1 aliphatic heterocycles. The Morgan fingerprint density at radius 3 is 2.56 bits per heavy atom. The van der Waals surface area contributed by atoms with E-state index in [2.05, 4.69) is 29.1 Å². The van der Waals surface area contributed by atoms with Crippen LogP contribution in [0.1, 0.15) is 30.2 Å². The Balaban J connectivity index is 1.66. The first-order valence-electron chi connectivity index (χ1n) is 9.32. The van der Waals surface area contributed by atoms with Crippen molar-refractivity contribution in [2.45, 2.75) is 20.8 Å². The van der Waals surface area contributed by atoms with Gasteiger partial charge in [-0.15, -0.1) is 0 Å². The molecule has 0 radical (unpaired) electrons. The van der Waals surface area contributed by atoms with E-state index in [-0.39, 0.29) is 11.7 Å². The highest BCUT2D eigenvalue weighted by Gasteiger charge is 2.24. The highest BCUT2D eigenvalue weighted by molar-refractivity contribution is 5.93. The summed E-state index contributed by atoms with van der Waals surface area (Å²) in [5.41, 5.74) is 0.982. The molecule has 2 aromatic rings. The van der Waals surface area contributed by atoms with E-state index < -0.39 is 0 Å². The fourth-order valence-corrected chi connectivity index (χ4v) is 3.10. The summed E-state index contributed by atoms with van der Waals surface area (Å²) in [6.45, 7) is 9.05. The molecule has 1 aliphatic rings. The van der Waals surface area contributed by atoms with Crippen molar-refractivity contribution in [3.05, 3.63) is 47.7 Å². The summed E-state index contributed by atoms with van der Waals surface area (Å²) < 4.78 is 14.0. The number of hydrogen-bond acceptors (Lipinski definition) is 5. The second kappa shape index (κ2) is 8.33. The van der Waals surface area contributed by atoms with Gasteiger partial charge in [0.2, 0.25) is 0 Å². The minimum Gasteiger partial charge on any atom is -0.370 e. The van der Waals surface area contributed by atoms with Crippen molar-refractivity contribution in [3.8, 4) is 0 Å². The Bertz CT molecular complexity index is 803. The number of para-hydroxylation sites is 1. The van der Waals surface area contributed by atoms with Gasteiger partial charge in [-0.3, -0.25) is 4.79 Å². The monoisotopic (exact) mass is 371 g/mol. The Kier molecular flexibility index (Phi) is 5.88. The van der Waals surface area contributed by atoms with Gasteiger partial charge in [-0.25, -0.2) is 14.4 Å². The quantitative estimate of drug-likeness (QED) is 0.876. The second-order valence-corrected chi connectivity index (χ2v) is 7.19. The average Bonchev–Trinajstić information content (AvgIpc) is 2.66. The zero-order valence-corrected chi connectivity index (χ0v) is 16.1. The van der Waals surface area contributed by atoms with Crippen molar-refractivity contribution >= 4 is 17.4 Å². The van der Waals surface area contributed by atoms with Crippen LogP contribution < -0.4 is 10.2 Å². The summed E-state index contributed by atoms with van der Waals surface area (Å²) in [5, 5.41) is 3.25. The minimum absolute atomic E-state index is 0.110. The largest absolute Gasteiger partial charge is 0.370 e. The number of benzene rings is 1. The molecule has 144 valence electrons. The van der Waals surface area contributed by atoms with Crippen LogP contribution in [0.5, 0.6) is 0 Å². The molecule has 2 heterocycles. The van der Waals surface area contributed by atoms with Gasteiger partial charge in [0.15, 0.2) is 0 Å². The Morgan fingerprint density at radius 2 is 1.89 bits per heavy atom. The highest BCUT2D eigenvalue weighted by atomic mass is 19.1. The zero-order valence-electron chi connectivity index (χ0n) is 16.1. The zero-order chi connectivity index (χ0) is 19.4. The predicted molar refractivity (Wildman–Crippen MR) is 105 cm³/mol. The maximum atomic E-state index is 14.0. The SMILES string of the molecule is Cc1nc(NCC(C)C)cc(C(=O)N2CCN(c3ccccc3F)CC2)n1. The number of halogens is 1. The number of piperazine rings is 1. The van der Waals surface area contributed by atoms with E-state index in [1.807, 2.05) is 11.0 Å². The lowest BCUT2D eigenvalue weighted by atomic mass is 10.2. The van der Waals surface area contributed by atoms with Gasteiger partial charge in [0.25, 0.3) is 5.91 Å². The molecule has 1 saturated heterocycles. The van der Waals surface area contributed by atoms with Gasteiger partial charge in [-0.2, -0.15) is 0 Å². The third-order valence-corrected chi connectivity index (χ3v) is 4.51. The van der Waals surface area contributed by atoms with Crippen LogP contribution in [-0.2, 0) is 0 Å². The lowest BCUT2D eigenvalue weighted by Gasteiger charge is -2.36. The molecule has 1 amide bonds. The molecule has 7 heteroatoms. The van der Waals surface area contributed by atoms with Crippen molar-refractivity contribution in [3.63, 3.8) is 0 Å². The topological polar surface area (TPSA) is 61.4 Å². The molecule has 27 heavy (non-hydrogen) atoms. The summed E-state index contributed by atoms with van der Waals surface area (Å²) in [6, 6.07) is 8.45. The van der Waals surface area contributed by atoms with E-state index in [4.69, 9.17) is 0 Å². The number of amides is 1. The number of carbonyl (C=O) groups excluding carboxylic acids is 1. The number of nitrogens with one attached hydrogen (secondary N) is 1. The van der Waals surface area contributed by atoms with Crippen molar-refractivity contribution in [2.24, 2.45) is 5.92 Å². The first-order valence-corrected chi connectivity index (χ1v) is 9.32. The molecule has 0 atom stereocenters. The van der Waals surface area contributed by atoms with Crippen molar-refractivity contribution in [1.29, 1.82) is 0 Å². The predicted octanol–water partition coefficient (Wildman–Crippen LogP) is 2.95. The second-order valence-electron chi connectivity index (χ2n) is 7.19. The Morgan fingerprint density at radius 1 is 1.19 bits per heavy atom. The molecule has 0 aliphatic carbocycles. The summed E-state index contributed by atoms with van der Waals surface area (Å²) in [7, 11) is 0. The number of hydrogen-bond donors (Lipinski definition) is 1. The van der Waals surface area contributed by atoms with Crippen LogP contribution in [0.2, 0.25) is 0 Å². The summed E-state index contributed by atoms with van der Waals surface area (Å²) >= 11 is 0. The van der Waals surface area contributed by atoms with Gasteiger partial charge in [0, 0.05) is 38.8 Å². The van der Waals surface area contributed by atoms with Crippen molar-refractivity contribution in [2.75, 3.05) is 42.9 Å². The third-order valence-electron chi connectivity index (χ3n) is 4.51. The van der Waals surface area contributed by atoms with E-state index in [9.17, 15) is 9.18 Å². The molecule has 0 unspecified atom stereocenters. The summed E-state index contributed by atoms with van der Waals surface area (Å²) in [4.78, 5) is 25.3. The molecule has 1 N–H and O–H groups in total. The lowest BCUT2D eigenvalue weighted by Crippen LogP contribution is -2.49. The Hall–Kier alpha value is -2.70. The molecular weight excluding hydrogens is 345 g/mol. The molecule has 1 fully saturated rings. The molecule has 3 rings (SSSR count). The molecule has 0 spiro atoms. The summed E-state index contributed by atoms with van der Waals surface area (Å²) in [5.74, 6) is 1.37. The number of carbonyl (C=O) groups is 1. The fourth-order valence-electron chi connectivity index (χ4n) is 3.10. The molecular formula is C20H26FN5O. The van der Waals surface area contributed by atoms with Gasteiger partial charge in [0.1, 0.15) is 23.2 Å². The fraction of sp³-hybridized carbons (Fsp3) is 0.450. The van der Waals surface area contributed by atoms with Gasteiger partial charge >= 0.3 is 0 Å².